The van der Waals surface area contributed by atoms with E-state index in [4.69, 9.17) is 0 Å². The highest BCUT2D eigenvalue weighted by atomic mass is 32.2. The van der Waals surface area contributed by atoms with Crippen LogP contribution in [-0.4, -0.2) is 38.4 Å². The molecule has 1 aliphatic heterocycles. The van der Waals surface area contributed by atoms with E-state index in [-0.39, 0.29) is 11.8 Å². The van der Waals surface area contributed by atoms with E-state index in [9.17, 15) is 12.8 Å². The van der Waals surface area contributed by atoms with E-state index in [1.54, 1.807) is 6.07 Å². The minimum absolute atomic E-state index is 0.141. The molecule has 100 valence electrons. The lowest BCUT2D eigenvalue weighted by Crippen LogP contribution is -2.51. The van der Waals surface area contributed by atoms with Crippen LogP contribution in [0.5, 0.6) is 0 Å². The first-order valence-electron chi connectivity index (χ1n) is 5.93. The van der Waals surface area contributed by atoms with Crippen molar-refractivity contribution in [3.8, 4) is 0 Å². The molecule has 6 heteroatoms. The van der Waals surface area contributed by atoms with Crippen LogP contribution in [0.2, 0.25) is 0 Å². The second-order valence-electron chi connectivity index (χ2n) is 4.60. The summed E-state index contributed by atoms with van der Waals surface area (Å²) in [6, 6.07) is 5.89. The summed E-state index contributed by atoms with van der Waals surface area (Å²) in [4.78, 5) is 0. The lowest BCUT2D eigenvalue weighted by molar-refractivity contribution is 0.310. The lowest BCUT2D eigenvalue weighted by Gasteiger charge is -2.31. The molecule has 0 spiro atoms. The van der Waals surface area contributed by atoms with Gasteiger partial charge in [0.1, 0.15) is 5.82 Å². The molecule has 1 saturated heterocycles. The van der Waals surface area contributed by atoms with Crippen LogP contribution >= 0.6 is 0 Å². The Morgan fingerprint density at radius 3 is 2.94 bits per heavy atom. The fourth-order valence-corrected chi connectivity index (χ4v) is 3.68. The van der Waals surface area contributed by atoms with Crippen molar-refractivity contribution in [3.05, 3.63) is 35.6 Å². The Balaban J connectivity index is 2.11. The predicted octanol–water partition coefficient (Wildman–Crippen LogP) is 0.949. The quantitative estimate of drug-likeness (QED) is 0.891. The van der Waals surface area contributed by atoms with Gasteiger partial charge >= 0.3 is 0 Å². The van der Waals surface area contributed by atoms with Crippen LogP contribution in [0.4, 0.5) is 4.39 Å². The number of rotatable bonds is 3. The molecule has 1 atom stereocenters. The first-order chi connectivity index (χ1) is 8.47. The minimum atomic E-state index is -3.36. The third-order valence-electron chi connectivity index (χ3n) is 2.96. The molecule has 1 heterocycles. The standard InChI is InChI=1S/C12H17FN2O2S/c1-10-8-15(6-5-14-10)18(16,17)9-11-3-2-4-12(13)7-11/h2-4,7,10,14H,5-6,8-9H2,1H3. The molecule has 0 amide bonds. The van der Waals surface area contributed by atoms with Gasteiger partial charge in [-0.25, -0.2) is 12.8 Å². The molecular formula is C12H17FN2O2S. The highest BCUT2D eigenvalue weighted by Gasteiger charge is 2.26. The molecule has 4 nitrogen and oxygen atoms in total. The van der Waals surface area contributed by atoms with Gasteiger partial charge in [0, 0.05) is 25.7 Å². The molecule has 18 heavy (non-hydrogen) atoms. The Hall–Kier alpha value is -0.980. The summed E-state index contributed by atoms with van der Waals surface area (Å²) in [5.41, 5.74) is 0.487. The summed E-state index contributed by atoms with van der Waals surface area (Å²) < 4.78 is 38.9. The van der Waals surface area contributed by atoms with Crippen molar-refractivity contribution in [1.82, 2.24) is 9.62 Å². The number of sulfonamides is 1. The smallest absolute Gasteiger partial charge is 0.218 e. The maximum absolute atomic E-state index is 13.0. The number of piperazine rings is 1. The molecule has 1 aromatic carbocycles. The van der Waals surface area contributed by atoms with Gasteiger partial charge < -0.3 is 5.32 Å². The summed E-state index contributed by atoms with van der Waals surface area (Å²) in [6.07, 6.45) is 0. The SMILES string of the molecule is CC1CN(S(=O)(=O)Cc2cccc(F)c2)CCN1. The van der Waals surface area contributed by atoms with E-state index in [0.29, 0.717) is 25.2 Å². The van der Waals surface area contributed by atoms with E-state index in [1.807, 2.05) is 6.92 Å². The summed E-state index contributed by atoms with van der Waals surface area (Å²) in [7, 11) is -3.36. The Kier molecular flexibility index (Phi) is 3.99. The second kappa shape index (κ2) is 5.34. The number of nitrogens with zero attached hydrogens (tertiary/aromatic N) is 1. The van der Waals surface area contributed by atoms with Gasteiger partial charge in [-0.2, -0.15) is 4.31 Å². The molecule has 1 aromatic rings. The molecule has 1 fully saturated rings. The molecule has 0 saturated carbocycles. The fourth-order valence-electron chi connectivity index (χ4n) is 2.08. The summed E-state index contributed by atoms with van der Waals surface area (Å²) in [6.45, 7) is 3.55. The molecular weight excluding hydrogens is 255 g/mol. The van der Waals surface area contributed by atoms with Crippen molar-refractivity contribution in [2.75, 3.05) is 19.6 Å². The Morgan fingerprint density at radius 1 is 1.50 bits per heavy atom. The van der Waals surface area contributed by atoms with Crippen LogP contribution in [0.15, 0.2) is 24.3 Å². The van der Waals surface area contributed by atoms with E-state index < -0.39 is 15.8 Å². The fraction of sp³-hybridized carbons (Fsp3) is 0.500. The van der Waals surface area contributed by atoms with Gasteiger partial charge in [-0.3, -0.25) is 0 Å². The van der Waals surface area contributed by atoms with Crippen molar-refractivity contribution in [2.24, 2.45) is 0 Å². The summed E-state index contributed by atoms with van der Waals surface area (Å²) in [5.74, 6) is -0.548. The highest BCUT2D eigenvalue weighted by Crippen LogP contribution is 2.13. The van der Waals surface area contributed by atoms with E-state index in [1.165, 1.54) is 22.5 Å². The van der Waals surface area contributed by atoms with Crippen LogP contribution in [-0.2, 0) is 15.8 Å². The van der Waals surface area contributed by atoms with Crippen LogP contribution in [0.3, 0.4) is 0 Å². The first kappa shape index (κ1) is 13.5. The monoisotopic (exact) mass is 272 g/mol. The van der Waals surface area contributed by atoms with Crippen LogP contribution < -0.4 is 5.32 Å². The maximum atomic E-state index is 13.0. The Bertz CT molecular complexity index is 519. The zero-order valence-electron chi connectivity index (χ0n) is 10.3. The normalized spacial score (nSPS) is 22.0. The summed E-state index contributed by atoms with van der Waals surface area (Å²) in [5, 5.41) is 3.19. The average molecular weight is 272 g/mol. The van der Waals surface area contributed by atoms with Crippen LogP contribution in [0.1, 0.15) is 12.5 Å². The van der Waals surface area contributed by atoms with Crippen LogP contribution in [0, 0.1) is 5.82 Å². The van der Waals surface area contributed by atoms with Gasteiger partial charge in [0.05, 0.1) is 5.75 Å². The van der Waals surface area contributed by atoms with Gasteiger partial charge in [0.2, 0.25) is 10.0 Å². The number of benzene rings is 1. The molecule has 1 N–H and O–H groups in total. The van der Waals surface area contributed by atoms with Crippen molar-refractivity contribution < 1.29 is 12.8 Å². The van der Waals surface area contributed by atoms with Gasteiger partial charge in [0.15, 0.2) is 0 Å². The highest BCUT2D eigenvalue weighted by molar-refractivity contribution is 7.88. The molecule has 0 radical (unpaired) electrons. The van der Waals surface area contributed by atoms with E-state index in [2.05, 4.69) is 5.32 Å². The Morgan fingerprint density at radius 2 is 2.28 bits per heavy atom. The zero-order valence-corrected chi connectivity index (χ0v) is 11.1. The molecule has 2 rings (SSSR count). The molecule has 0 bridgehead atoms. The topological polar surface area (TPSA) is 49.4 Å². The van der Waals surface area contributed by atoms with Crippen LogP contribution in [0.25, 0.3) is 0 Å². The van der Waals surface area contributed by atoms with E-state index >= 15 is 0 Å². The number of halogens is 1. The van der Waals surface area contributed by atoms with Gasteiger partial charge in [-0.1, -0.05) is 12.1 Å². The molecule has 1 aliphatic rings. The average Bonchev–Trinajstić information content (AvgIpc) is 2.28. The number of hydrogen-bond donors (Lipinski definition) is 1. The molecule has 0 aliphatic carbocycles. The van der Waals surface area contributed by atoms with Crippen molar-refractivity contribution in [1.29, 1.82) is 0 Å². The summed E-state index contributed by atoms with van der Waals surface area (Å²) >= 11 is 0. The lowest BCUT2D eigenvalue weighted by atomic mass is 10.2. The number of nitrogens with one attached hydrogen (secondary N) is 1. The van der Waals surface area contributed by atoms with E-state index in [0.717, 1.165) is 0 Å². The molecule has 1 unspecified atom stereocenters. The molecule has 0 aromatic heterocycles. The second-order valence-corrected chi connectivity index (χ2v) is 6.57. The third kappa shape index (κ3) is 3.28. The maximum Gasteiger partial charge on any atom is 0.218 e. The number of hydrogen-bond acceptors (Lipinski definition) is 3. The first-order valence-corrected chi connectivity index (χ1v) is 7.54. The predicted molar refractivity (Wildman–Crippen MR) is 68.1 cm³/mol. The van der Waals surface area contributed by atoms with Crippen molar-refractivity contribution >= 4 is 10.0 Å². The van der Waals surface area contributed by atoms with Crippen molar-refractivity contribution in [3.63, 3.8) is 0 Å². The van der Waals surface area contributed by atoms with Gasteiger partial charge in [-0.15, -0.1) is 0 Å². The Labute approximate surface area is 107 Å². The largest absolute Gasteiger partial charge is 0.312 e. The third-order valence-corrected chi connectivity index (χ3v) is 4.78. The zero-order chi connectivity index (χ0) is 13.2. The van der Waals surface area contributed by atoms with Gasteiger partial charge in [-0.05, 0) is 24.6 Å². The van der Waals surface area contributed by atoms with Crippen molar-refractivity contribution in [2.45, 2.75) is 18.7 Å². The minimum Gasteiger partial charge on any atom is -0.312 e. The van der Waals surface area contributed by atoms with Gasteiger partial charge in [0.25, 0.3) is 0 Å².